The van der Waals surface area contributed by atoms with Crippen LogP contribution in [0.3, 0.4) is 0 Å². The summed E-state index contributed by atoms with van der Waals surface area (Å²) < 4.78 is 34.1. The SMILES string of the molecule is CC[C@H](C)NC(=O)[C@@H](C)N(Cc1c(Cl)cccc1Cl)C(=O)CN(c1ccc(C)cc1)S(=O)(=O)c1ccc(OC)cc1. The zero-order chi connectivity index (χ0) is 30.3. The molecule has 0 aliphatic carbocycles. The van der Waals surface area contributed by atoms with Crippen molar-refractivity contribution in [3.63, 3.8) is 0 Å². The van der Waals surface area contributed by atoms with Crippen LogP contribution in [0.15, 0.2) is 71.6 Å². The number of rotatable bonds is 12. The van der Waals surface area contributed by atoms with Crippen molar-refractivity contribution in [3.8, 4) is 5.75 Å². The molecule has 8 nitrogen and oxygen atoms in total. The van der Waals surface area contributed by atoms with E-state index in [4.69, 9.17) is 27.9 Å². The summed E-state index contributed by atoms with van der Waals surface area (Å²) in [5.41, 5.74) is 1.67. The van der Waals surface area contributed by atoms with E-state index in [0.29, 0.717) is 33.5 Å². The van der Waals surface area contributed by atoms with Gasteiger partial charge in [0.1, 0.15) is 18.3 Å². The van der Waals surface area contributed by atoms with Crippen LogP contribution in [-0.2, 0) is 26.2 Å². The molecule has 3 rings (SSSR count). The molecule has 0 aromatic heterocycles. The molecule has 3 aromatic rings. The Balaban J connectivity index is 2.06. The number of ether oxygens (including phenoxy) is 1. The van der Waals surface area contributed by atoms with Crippen LogP contribution in [0.1, 0.15) is 38.3 Å². The van der Waals surface area contributed by atoms with Gasteiger partial charge in [0, 0.05) is 28.2 Å². The first kappa shape index (κ1) is 32.2. The monoisotopic (exact) mass is 619 g/mol. The second-order valence-corrected chi connectivity index (χ2v) is 12.4. The van der Waals surface area contributed by atoms with E-state index >= 15 is 0 Å². The van der Waals surface area contributed by atoms with Crippen molar-refractivity contribution in [2.45, 2.75) is 57.6 Å². The van der Waals surface area contributed by atoms with Crippen LogP contribution in [-0.4, -0.2) is 50.9 Å². The van der Waals surface area contributed by atoms with E-state index in [0.717, 1.165) is 9.87 Å². The smallest absolute Gasteiger partial charge is 0.264 e. The Bertz CT molecular complexity index is 1440. The molecule has 0 heterocycles. The Hall–Kier alpha value is -3.27. The predicted octanol–water partition coefficient (Wildman–Crippen LogP) is 5.84. The van der Waals surface area contributed by atoms with Gasteiger partial charge in [0.2, 0.25) is 11.8 Å². The molecule has 41 heavy (non-hydrogen) atoms. The van der Waals surface area contributed by atoms with Gasteiger partial charge in [-0.05, 0) is 75.7 Å². The second kappa shape index (κ2) is 14.1. The summed E-state index contributed by atoms with van der Waals surface area (Å²) in [6, 6.07) is 16.6. The van der Waals surface area contributed by atoms with Crippen molar-refractivity contribution in [1.82, 2.24) is 10.2 Å². The highest BCUT2D eigenvalue weighted by atomic mass is 35.5. The summed E-state index contributed by atoms with van der Waals surface area (Å²) in [6.07, 6.45) is 0.698. The summed E-state index contributed by atoms with van der Waals surface area (Å²) in [6.45, 7) is 6.60. The lowest BCUT2D eigenvalue weighted by Gasteiger charge is -2.33. The van der Waals surface area contributed by atoms with Gasteiger partial charge in [0.25, 0.3) is 10.0 Å². The van der Waals surface area contributed by atoms with Crippen LogP contribution < -0.4 is 14.4 Å². The summed E-state index contributed by atoms with van der Waals surface area (Å²) >= 11 is 12.8. The summed E-state index contributed by atoms with van der Waals surface area (Å²) in [7, 11) is -2.72. The van der Waals surface area contributed by atoms with Crippen molar-refractivity contribution in [1.29, 1.82) is 0 Å². The number of nitrogens with zero attached hydrogens (tertiary/aromatic N) is 2. The third-order valence-electron chi connectivity index (χ3n) is 6.81. The number of nitrogens with one attached hydrogen (secondary N) is 1. The van der Waals surface area contributed by atoms with Gasteiger partial charge in [-0.1, -0.05) is 53.9 Å². The predicted molar refractivity (Wildman–Crippen MR) is 163 cm³/mol. The number of halogens is 2. The lowest BCUT2D eigenvalue weighted by molar-refractivity contribution is -0.139. The fourth-order valence-corrected chi connectivity index (χ4v) is 5.95. The fourth-order valence-electron chi connectivity index (χ4n) is 4.02. The van der Waals surface area contributed by atoms with E-state index < -0.39 is 28.5 Å². The molecule has 0 bridgehead atoms. The molecule has 1 N–H and O–H groups in total. The zero-order valence-electron chi connectivity index (χ0n) is 23.7. The van der Waals surface area contributed by atoms with Crippen molar-refractivity contribution in [3.05, 3.63) is 87.9 Å². The molecule has 0 saturated carbocycles. The molecule has 3 aromatic carbocycles. The maximum atomic E-state index is 14.0. The van der Waals surface area contributed by atoms with Gasteiger partial charge in [-0.2, -0.15) is 0 Å². The summed E-state index contributed by atoms with van der Waals surface area (Å²) in [5.74, 6) is -0.493. The van der Waals surface area contributed by atoms with Gasteiger partial charge in [0.05, 0.1) is 17.7 Å². The van der Waals surface area contributed by atoms with Gasteiger partial charge < -0.3 is 15.0 Å². The molecule has 0 radical (unpaired) electrons. The number of carbonyl (C=O) groups excluding carboxylic acids is 2. The number of aryl methyl sites for hydroxylation is 1. The van der Waals surface area contributed by atoms with Gasteiger partial charge in [-0.25, -0.2) is 8.42 Å². The van der Waals surface area contributed by atoms with E-state index in [9.17, 15) is 18.0 Å². The third kappa shape index (κ3) is 7.93. The minimum Gasteiger partial charge on any atom is -0.497 e. The number of amides is 2. The molecule has 0 spiro atoms. The Morgan fingerprint density at radius 1 is 0.951 bits per heavy atom. The van der Waals surface area contributed by atoms with E-state index in [1.165, 1.54) is 36.3 Å². The van der Waals surface area contributed by atoms with E-state index in [-0.39, 0.29) is 23.4 Å². The summed E-state index contributed by atoms with van der Waals surface area (Å²) in [4.78, 5) is 28.5. The van der Waals surface area contributed by atoms with Crippen LogP contribution in [0, 0.1) is 6.92 Å². The molecule has 11 heteroatoms. The van der Waals surface area contributed by atoms with Crippen LogP contribution in [0.5, 0.6) is 5.75 Å². The van der Waals surface area contributed by atoms with Gasteiger partial charge >= 0.3 is 0 Å². The highest BCUT2D eigenvalue weighted by Gasteiger charge is 2.33. The maximum absolute atomic E-state index is 14.0. The first-order valence-corrected chi connectivity index (χ1v) is 15.3. The van der Waals surface area contributed by atoms with Crippen molar-refractivity contribution >= 4 is 50.7 Å². The zero-order valence-corrected chi connectivity index (χ0v) is 26.1. The fraction of sp³-hybridized carbons (Fsp3) is 0.333. The highest BCUT2D eigenvalue weighted by molar-refractivity contribution is 7.92. The Kier molecular flexibility index (Phi) is 11.1. The Morgan fingerprint density at radius 3 is 2.07 bits per heavy atom. The number of methoxy groups -OCH3 is 1. The van der Waals surface area contributed by atoms with Crippen LogP contribution >= 0.6 is 23.2 Å². The molecule has 0 aliphatic rings. The topological polar surface area (TPSA) is 96.0 Å². The highest BCUT2D eigenvalue weighted by Crippen LogP contribution is 2.29. The van der Waals surface area contributed by atoms with E-state index in [1.807, 2.05) is 20.8 Å². The minimum atomic E-state index is -4.20. The normalized spacial score (nSPS) is 12.8. The number of carbonyl (C=O) groups is 2. The first-order valence-electron chi connectivity index (χ1n) is 13.1. The van der Waals surface area contributed by atoms with Crippen molar-refractivity contribution in [2.24, 2.45) is 0 Å². The molecule has 0 unspecified atom stereocenters. The molecule has 2 atom stereocenters. The number of hydrogen-bond acceptors (Lipinski definition) is 5. The Labute approximate surface area is 252 Å². The minimum absolute atomic E-state index is 0.0186. The van der Waals surface area contributed by atoms with Crippen molar-refractivity contribution < 1.29 is 22.7 Å². The quantitative estimate of drug-likeness (QED) is 0.275. The Morgan fingerprint density at radius 2 is 1.54 bits per heavy atom. The molecule has 2 amide bonds. The average Bonchev–Trinajstić information content (AvgIpc) is 2.95. The first-order chi connectivity index (χ1) is 19.4. The second-order valence-electron chi connectivity index (χ2n) is 9.74. The van der Waals surface area contributed by atoms with Crippen LogP contribution in [0.4, 0.5) is 5.69 Å². The van der Waals surface area contributed by atoms with Crippen LogP contribution in [0.2, 0.25) is 10.0 Å². The van der Waals surface area contributed by atoms with Gasteiger partial charge in [-0.3, -0.25) is 13.9 Å². The lowest BCUT2D eigenvalue weighted by atomic mass is 10.1. The van der Waals surface area contributed by atoms with E-state index in [2.05, 4.69) is 5.32 Å². The van der Waals surface area contributed by atoms with E-state index in [1.54, 1.807) is 49.4 Å². The number of hydrogen-bond donors (Lipinski definition) is 1. The molecule has 0 fully saturated rings. The molecule has 220 valence electrons. The maximum Gasteiger partial charge on any atom is 0.264 e. The molecular weight excluding hydrogens is 585 g/mol. The van der Waals surface area contributed by atoms with Crippen molar-refractivity contribution in [2.75, 3.05) is 18.0 Å². The lowest BCUT2D eigenvalue weighted by Crippen LogP contribution is -2.52. The molecule has 0 aliphatic heterocycles. The number of benzene rings is 3. The average molecular weight is 621 g/mol. The van der Waals surface area contributed by atoms with Gasteiger partial charge in [0.15, 0.2) is 0 Å². The van der Waals surface area contributed by atoms with Gasteiger partial charge in [-0.15, -0.1) is 0 Å². The molecule has 0 saturated heterocycles. The summed E-state index contributed by atoms with van der Waals surface area (Å²) in [5, 5.41) is 3.55. The molecular formula is C30H35Cl2N3O5S. The van der Waals surface area contributed by atoms with Crippen LogP contribution in [0.25, 0.3) is 0 Å². The third-order valence-corrected chi connectivity index (χ3v) is 9.30. The number of anilines is 1. The number of sulfonamides is 1. The standard InChI is InChI=1S/C30H35Cl2N3O5S/c1-6-21(3)33-30(37)22(4)34(18-26-27(31)8-7-9-28(26)32)29(36)19-35(23-12-10-20(2)11-13-23)41(38,39)25-16-14-24(40-5)15-17-25/h7-17,21-22H,6,18-19H2,1-5H3,(H,33,37)/t21-,22+/m0/s1. The largest absolute Gasteiger partial charge is 0.497 e.